The summed E-state index contributed by atoms with van der Waals surface area (Å²) in [7, 11) is 0. The van der Waals surface area contributed by atoms with E-state index in [9.17, 15) is 4.79 Å². The van der Waals surface area contributed by atoms with Gasteiger partial charge in [-0.1, -0.05) is 0 Å². The van der Waals surface area contributed by atoms with E-state index in [1.165, 1.54) is 6.42 Å². The van der Waals surface area contributed by atoms with Crippen LogP contribution in [-0.2, 0) is 0 Å². The monoisotopic (exact) mass is 223 g/mol. The highest BCUT2D eigenvalue weighted by molar-refractivity contribution is 5.75. The van der Waals surface area contributed by atoms with Crippen molar-refractivity contribution in [1.29, 1.82) is 0 Å². The first kappa shape index (κ1) is 10.4. The highest BCUT2D eigenvalue weighted by Crippen LogP contribution is 2.35. The third kappa shape index (κ3) is 2.03. The standard InChI is InChI=1S/C12H21N3O/c13-10-2-1-8-6-15(7-9(8)5-10)12(16)14-11-3-4-11/h8-11H,1-7,13H2,(H,14,16)/t8-,9+,10?/m1/s1. The van der Waals surface area contributed by atoms with Crippen LogP contribution in [0.3, 0.4) is 0 Å². The lowest BCUT2D eigenvalue weighted by atomic mass is 9.79. The summed E-state index contributed by atoms with van der Waals surface area (Å²) in [6.45, 7) is 1.88. The molecule has 0 aromatic carbocycles. The van der Waals surface area contributed by atoms with Crippen molar-refractivity contribution >= 4 is 6.03 Å². The highest BCUT2D eigenvalue weighted by atomic mass is 16.2. The number of nitrogens with two attached hydrogens (primary N) is 1. The number of urea groups is 1. The fourth-order valence-electron chi connectivity index (χ4n) is 3.13. The summed E-state index contributed by atoms with van der Waals surface area (Å²) in [5.74, 6) is 1.37. The van der Waals surface area contributed by atoms with Gasteiger partial charge in [-0.05, 0) is 43.9 Å². The van der Waals surface area contributed by atoms with Gasteiger partial charge in [0, 0.05) is 25.2 Å². The number of carbonyl (C=O) groups is 1. The lowest BCUT2D eigenvalue weighted by Crippen LogP contribution is -2.39. The van der Waals surface area contributed by atoms with E-state index < -0.39 is 0 Å². The average Bonchev–Trinajstić information content (AvgIpc) is 2.95. The number of nitrogens with one attached hydrogen (secondary N) is 1. The van der Waals surface area contributed by atoms with E-state index >= 15 is 0 Å². The molecule has 0 bridgehead atoms. The molecule has 0 aromatic rings. The Balaban J connectivity index is 1.56. The first-order chi connectivity index (χ1) is 7.72. The van der Waals surface area contributed by atoms with Crippen molar-refractivity contribution in [3.05, 3.63) is 0 Å². The summed E-state index contributed by atoms with van der Waals surface area (Å²) in [6, 6.07) is 0.996. The van der Waals surface area contributed by atoms with Crippen LogP contribution in [0.1, 0.15) is 32.1 Å². The molecule has 1 saturated heterocycles. The molecule has 3 aliphatic rings. The number of amides is 2. The van der Waals surface area contributed by atoms with Gasteiger partial charge in [-0.25, -0.2) is 4.79 Å². The molecular weight excluding hydrogens is 202 g/mol. The van der Waals surface area contributed by atoms with Crippen molar-refractivity contribution < 1.29 is 4.79 Å². The van der Waals surface area contributed by atoms with Gasteiger partial charge < -0.3 is 16.0 Å². The normalized spacial score (nSPS) is 38.3. The SMILES string of the molecule is NC1CC[C@@H]2CN(C(=O)NC3CC3)C[C@@H]2C1. The van der Waals surface area contributed by atoms with Crippen molar-refractivity contribution in [3.8, 4) is 0 Å². The summed E-state index contributed by atoms with van der Waals surface area (Å²) in [5, 5.41) is 3.07. The summed E-state index contributed by atoms with van der Waals surface area (Å²) >= 11 is 0. The van der Waals surface area contributed by atoms with Crippen LogP contribution in [0.5, 0.6) is 0 Å². The minimum atomic E-state index is 0.158. The minimum Gasteiger partial charge on any atom is -0.335 e. The smallest absolute Gasteiger partial charge is 0.317 e. The number of likely N-dealkylation sites (tertiary alicyclic amines) is 1. The predicted molar refractivity (Wildman–Crippen MR) is 61.9 cm³/mol. The van der Waals surface area contributed by atoms with E-state index in [1.54, 1.807) is 0 Å². The van der Waals surface area contributed by atoms with Gasteiger partial charge in [0.15, 0.2) is 0 Å². The molecular formula is C12H21N3O. The Hall–Kier alpha value is -0.770. The van der Waals surface area contributed by atoms with Crippen molar-refractivity contribution in [3.63, 3.8) is 0 Å². The Morgan fingerprint density at radius 3 is 2.62 bits per heavy atom. The topological polar surface area (TPSA) is 58.4 Å². The number of rotatable bonds is 1. The third-order valence-electron chi connectivity index (χ3n) is 4.28. The predicted octanol–water partition coefficient (Wildman–Crippen LogP) is 0.918. The molecule has 90 valence electrons. The molecule has 3 fully saturated rings. The number of nitrogens with zero attached hydrogens (tertiary/aromatic N) is 1. The molecule has 3 atom stereocenters. The Morgan fingerprint density at radius 1 is 1.12 bits per heavy atom. The maximum atomic E-state index is 11.9. The van der Waals surface area contributed by atoms with Crippen molar-refractivity contribution in [2.45, 2.75) is 44.2 Å². The maximum absolute atomic E-state index is 11.9. The summed E-state index contributed by atoms with van der Waals surface area (Å²) in [6.07, 6.45) is 5.78. The van der Waals surface area contributed by atoms with Crippen LogP contribution in [-0.4, -0.2) is 36.1 Å². The van der Waals surface area contributed by atoms with E-state index in [-0.39, 0.29) is 6.03 Å². The molecule has 2 aliphatic carbocycles. The first-order valence-corrected chi connectivity index (χ1v) is 6.53. The number of fused-ring (bicyclic) bond motifs is 1. The van der Waals surface area contributed by atoms with Crippen LogP contribution < -0.4 is 11.1 Å². The Labute approximate surface area is 96.5 Å². The third-order valence-corrected chi connectivity index (χ3v) is 4.28. The molecule has 1 heterocycles. The summed E-state index contributed by atoms with van der Waals surface area (Å²) < 4.78 is 0. The minimum absolute atomic E-state index is 0.158. The molecule has 4 heteroatoms. The van der Waals surface area contributed by atoms with Gasteiger partial charge in [0.1, 0.15) is 0 Å². The van der Waals surface area contributed by atoms with Gasteiger partial charge in [0.2, 0.25) is 0 Å². The fourth-order valence-corrected chi connectivity index (χ4v) is 3.13. The van der Waals surface area contributed by atoms with E-state index in [2.05, 4.69) is 5.32 Å². The molecule has 0 aromatic heterocycles. The lowest BCUT2D eigenvalue weighted by Gasteiger charge is -2.27. The van der Waals surface area contributed by atoms with Crippen LogP contribution in [0, 0.1) is 11.8 Å². The van der Waals surface area contributed by atoms with Crippen LogP contribution in [0.4, 0.5) is 4.79 Å². The quantitative estimate of drug-likeness (QED) is 0.694. The number of hydrogen-bond acceptors (Lipinski definition) is 2. The largest absolute Gasteiger partial charge is 0.335 e. The lowest BCUT2D eigenvalue weighted by molar-refractivity contribution is 0.206. The zero-order chi connectivity index (χ0) is 11.1. The molecule has 1 unspecified atom stereocenters. The fraction of sp³-hybridized carbons (Fsp3) is 0.917. The van der Waals surface area contributed by atoms with Gasteiger partial charge in [0.05, 0.1) is 0 Å². The number of hydrogen-bond donors (Lipinski definition) is 2. The molecule has 0 radical (unpaired) electrons. The van der Waals surface area contributed by atoms with E-state index in [0.717, 1.165) is 38.8 Å². The first-order valence-electron chi connectivity index (χ1n) is 6.53. The average molecular weight is 223 g/mol. The van der Waals surface area contributed by atoms with E-state index in [4.69, 9.17) is 5.73 Å². The molecule has 2 amide bonds. The summed E-state index contributed by atoms with van der Waals surface area (Å²) in [5.41, 5.74) is 5.98. The molecule has 3 N–H and O–H groups in total. The molecule has 16 heavy (non-hydrogen) atoms. The van der Waals surface area contributed by atoms with E-state index in [0.29, 0.717) is 23.9 Å². The second-order valence-electron chi connectivity index (χ2n) is 5.72. The molecule has 3 rings (SSSR count). The highest BCUT2D eigenvalue weighted by Gasteiger charge is 2.39. The van der Waals surface area contributed by atoms with Gasteiger partial charge in [0.25, 0.3) is 0 Å². The van der Waals surface area contributed by atoms with Crippen LogP contribution in [0.15, 0.2) is 0 Å². The van der Waals surface area contributed by atoms with E-state index in [1.807, 2.05) is 4.90 Å². The van der Waals surface area contributed by atoms with Crippen molar-refractivity contribution in [1.82, 2.24) is 10.2 Å². The van der Waals surface area contributed by atoms with Gasteiger partial charge in [-0.15, -0.1) is 0 Å². The maximum Gasteiger partial charge on any atom is 0.317 e. The van der Waals surface area contributed by atoms with Crippen molar-refractivity contribution in [2.75, 3.05) is 13.1 Å². The second kappa shape index (κ2) is 3.91. The molecule has 1 aliphatic heterocycles. The Bertz CT molecular complexity index is 290. The van der Waals surface area contributed by atoms with Gasteiger partial charge in [-0.2, -0.15) is 0 Å². The Morgan fingerprint density at radius 2 is 1.88 bits per heavy atom. The molecule has 4 nitrogen and oxygen atoms in total. The Kier molecular flexibility index (Phi) is 2.54. The van der Waals surface area contributed by atoms with Crippen LogP contribution in [0.25, 0.3) is 0 Å². The zero-order valence-corrected chi connectivity index (χ0v) is 9.69. The van der Waals surface area contributed by atoms with Crippen LogP contribution >= 0.6 is 0 Å². The second-order valence-corrected chi connectivity index (χ2v) is 5.72. The zero-order valence-electron chi connectivity index (χ0n) is 9.69. The van der Waals surface area contributed by atoms with Gasteiger partial charge in [-0.3, -0.25) is 0 Å². The van der Waals surface area contributed by atoms with Crippen LogP contribution in [0.2, 0.25) is 0 Å². The molecule has 2 saturated carbocycles. The van der Waals surface area contributed by atoms with Crippen molar-refractivity contribution in [2.24, 2.45) is 17.6 Å². The summed E-state index contributed by atoms with van der Waals surface area (Å²) in [4.78, 5) is 13.9. The number of carbonyl (C=O) groups excluding carboxylic acids is 1. The van der Waals surface area contributed by atoms with Gasteiger partial charge >= 0.3 is 6.03 Å². The molecule has 0 spiro atoms.